The zero-order valence-electron chi connectivity index (χ0n) is 17.4. The van der Waals surface area contributed by atoms with Crippen LogP contribution in [0.15, 0.2) is 83.8 Å². The van der Waals surface area contributed by atoms with E-state index < -0.39 is 10.0 Å². The van der Waals surface area contributed by atoms with Gasteiger partial charge in [0.15, 0.2) is 0 Å². The summed E-state index contributed by atoms with van der Waals surface area (Å²) in [5.41, 5.74) is 1.07. The number of carbonyl (C=O) groups is 2. The fourth-order valence-electron chi connectivity index (χ4n) is 2.76. The first kappa shape index (κ1) is 23.0. The maximum atomic E-state index is 12.3. The van der Waals surface area contributed by atoms with Gasteiger partial charge in [-0.05, 0) is 60.7 Å². The van der Waals surface area contributed by atoms with Crippen molar-refractivity contribution in [1.29, 1.82) is 0 Å². The lowest BCUT2D eigenvalue weighted by Gasteiger charge is -2.09. The molecule has 0 unspecified atom stereocenters. The molecular formula is C23H23N3O5S. The maximum Gasteiger partial charge on any atom is 0.240 e. The molecule has 9 heteroatoms. The molecule has 0 aliphatic rings. The minimum absolute atomic E-state index is 0.0362. The van der Waals surface area contributed by atoms with Gasteiger partial charge in [0.2, 0.25) is 21.8 Å². The molecule has 0 aromatic heterocycles. The third-order valence-corrected chi connectivity index (χ3v) is 5.72. The van der Waals surface area contributed by atoms with Crippen molar-refractivity contribution >= 4 is 33.2 Å². The molecule has 32 heavy (non-hydrogen) atoms. The van der Waals surface area contributed by atoms with E-state index in [0.717, 1.165) is 0 Å². The summed E-state index contributed by atoms with van der Waals surface area (Å²) in [5.74, 6) is 0.765. The quantitative estimate of drug-likeness (QED) is 0.457. The number of sulfonamides is 1. The van der Waals surface area contributed by atoms with Crippen LogP contribution < -0.4 is 20.1 Å². The van der Waals surface area contributed by atoms with Gasteiger partial charge in [-0.2, -0.15) is 0 Å². The second-order valence-electron chi connectivity index (χ2n) is 6.84. The first-order valence-corrected chi connectivity index (χ1v) is 11.3. The van der Waals surface area contributed by atoms with Crippen LogP contribution >= 0.6 is 0 Å². The fourth-order valence-corrected chi connectivity index (χ4v) is 3.79. The minimum atomic E-state index is -3.77. The molecular weight excluding hydrogens is 430 g/mol. The number of ether oxygens (including phenoxy) is 1. The molecule has 0 spiro atoms. The van der Waals surface area contributed by atoms with Gasteiger partial charge in [0, 0.05) is 31.3 Å². The number of carbonyl (C=O) groups excluding carboxylic acids is 2. The van der Waals surface area contributed by atoms with E-state index in [1.165, 1.54) is 31.2 Å². The minimum Gasteiger partial charge on any atom is -0.457 e. The van der Waals surface area contributed by atoms with E-state index in [1.807, 2.05) is 30.3 Å². The number of hydrogen-bond donors (Lipinski definition) is 3. The molecule has 2 amide bonds. The molecule has 0 radical (unpaired) electrons. The van der Waals surface area contributed by atoms with E-state index in [4.69, 9.17) is 4.74 Å². The number of para-hydroxylation sites is 1. The largest absolute Gasteiger partial charge is 0.457 e. The maximum absolute atomic E-state index is 12.3. The summed E-state index contributed by atoms with van der Waals surface area (Å²) in [6, 6.07) is 22.0. The van der Waals surface area contributed by atoms with Crippen LogP contribution in [-0.4, -0.2) is 26.8 Å². The van der Waals surface area contributed by atoms with Gasteiger partial charge in [-0.3, -0.25) is 9.59 Å². The number of amides is 2. The van der Waals surface area contributed by atoms with Crippen molar-refractivity contribution in [3.8, 4) is 11.5 Å². The molecule has 0 fully saturated rings. The number of anilines is 2. The van der Waals surface area contributed by atoms with Gasteiger partial charge in [-0.1, -0.05) is 18.2 Å². The number of rotatable bonds is 9. The summed E-state index contributed by atoms with van der Waals surface area (Å²) >= 11 is 0. The second kappa shape index (κ2) is 10.6. The summed E-state index contributed by atoms with van der Waals surface area (Å²) in [7, 11) is -3.77. The predicted octanol–water partition coefficient (Wildman–Crippen LogP) is 3.74. The lowest BCUT2D eigenvalue weighted by molar-refractivity contribution is -0.116. The summed E-state index contributed by atoms with van der Waals surface area (Å²) in [4.78, 5) is 23.2. The van der Waals surface area contributed by atoms with Crippen LogP contribution in [-0.2, 0) is 19.6 Å². The predicted molar refractivity (Wildman–Crippen MR) is 122 cm³/mol. The van der Waals surface area contributed by atoms with Gasteiger partial charge in [-0.25, -0.2) is 13.1 Å². The highest BCUT2D eigenvalue weighted by atomic mass is 32.2. The first-order valence-electron chi connectivity index (χ1n) is 9.82. The van der Waals surface area contributed by atoms with Gasteiger partial charge >= 0.3 is 0 Å². The molecule has 0 saturated heterocycles. The van der Waals surface area contributed by atoms with Gasteiger partial charge < -0.3 is 15.4 Å². The van der Waals surface area contributed by atoms with E-state index in [0.29, 0.717) is 22.9 Å². The highest BCUT2D eigenvalue weighted by Gasteiger charge is 2.14. The molecule has 3 aromatic rings. The zero-order chi connectivity index (χ0) is 23.0. The molecule has 3 N–H and O–H groups in total. The van der Waals surface area contributed by atoms with Crippen molar-refractivity contribution in [2.45, 2.75) is 18.2 Å². The highest BCUT2D eigenvalue weighted by molar-refractivity contribution is 7.89. The Morgan fingerprint density at radius 3 is 1.97 bits per heavy atom. The van der Waals surface area contributed by atoms with Crippen LogP contribution in [0.5, 0.6) is 11.5 Å². The van der Waals surface area contributed by atoms with Crippen molar-refractivity contribution in [3.63, 3.8) is 0 Å². The molecule has 0 atom stereocenters. The Balaban J connectivity index is 1.46. The number of benzene rings is 3. The van der Waals surface area contributed by atoms with E-state index >= 15 is 0 Å². The van der Waals surface area contributed by atoms with E-state index in [9.17, 15) is 18.0 Å². The van der Waals surface area contributed by atoms with E-state index in [2.05, 4.69) is 15.4 Å². The summed E-state index contributed by atoms with van der Waals surface area (Å²) in [6.07, 6.45) is -0.0362. The standard InChI is InChI=1S/C23H23N3O5S/c1-17(27)25-18-9-13-22(14-10-18)32(29,30)24-16-15-23(28)26-19-7-11-21(12-8-19)31-20-5-3-2-4-6-20/h2-14,24H,15-16H2,1H3,(H,25,27)(H,26,28). The van der Waals surface area contributed by atoms with Gasteiger partial charge in [0.25, 0.3) is 0 Å². The molecule has 0 saturated carbocycles. The van der Waals surface area contributed by atoms with E-state index in [-0.39, 0.29) is 29.7 Å². The van der Waals surface area contributed by atoms with Crippen LogP contribution in [0.4, 0.5) is 11.4 Å². The van der Waals surface area contributed by atoms with Crippen LogP contribution in [0.25, 0.3) is 0 Å². The lowest BCUT2D eigenvalue weighted by Crippen LogP contribution is -2.27. The SMILES string of the molecule is CC(=O)Nc1ccc(S(=O)(=O)NCCC(=O)Nc2ccc(Oc3ccccc3)cc2)cc1. The van der Waals surface area contributed by atoms with Crippen molar-refractivity contribution in [1.82, 2.24) is 4.72 Å². The third kappa shape index (κ3) is 6.93. The molecule has 8 nitrogen and oxygen atoms in total. The van der Waals surface area contributed by atoms with Crippen LogP contribution in [0.3, 0.4) is 0 Å². The van der Waals surface area contributed by atoms with Crippen molar-refractivity contribution in [2.24, 2.45) is 0 Å². The van der Waals surface area contributed by atoms with Crippen molar-refractivity contribution < 1.29 is 22.7 Å². The number of nitrogens with one attached hydrogen (secondary N) is 3. The summed E-state index contributed by atoms with van der Waals surface area (Å²) in [5, 5.41) is 5.28. The summed E-state index contributed by atoms with van der Waals surface area (Å²) in [6.45, 7) is 1.31. The highest BCUT2D eigenvalue weighted by Crippen LogP contribution is 2.22. The lowest BCUT2D eigenvalue weighted by atomic mass is 10.3. The van der Waals surface area contributed by atoms with Crippen LogP contribution in [0, 0.1) is 0 Å². The Labute approximate surface area is 186 Å². The molecule has 0 aliphatic heterocycles. The average molecular weight is 454 g/mol. The first-order chi connectivity index (χ1) is 15.3. The van der Waals surface area contributed by atoms with Crippen molar-refractivity contribution in [2.75, 3.05) is 17.2 Å². The molecule has 3 rings (SSSR count). The van der Waals surface area contributed by atoms with Gasteiger partial charge in [0.1, 0.15) is 11.5 Å². The molecule has 166 valence electrons. The zero-order valence-corrected chi connectivity index (χ0v) is 18.2. The Hall–Kier alpha value is -3.69. The molecule has 0 aliphatic carbocycles. The molecule has 3 aromatic carbocycles. The molecule has 0 heterocycles. The topological polar surface area (TPSA) is 114 Å². The van der Waals surface area contributed by atoms with Gasteiger partial charge in [-0.15, -0.1) is 0 Å². The second-order valence-corrected chi connectivity index (χ2v) is 8.61. The Bertz CT molecular complexity index is 1160. The summed E-state index contributed by atoms with van der Waals surface area (Å²) < 4.78 is 32.8. The normalized spacial score (nSPS) is 10.9. The Kier molecular flexibility index (Phi) is 7.58. The third-order valence-electron chi connectivity index (χ3n) is 4.25. The fraction of sp³-hybridized carbons (Fsp3) is 0.130. The Morgan fingerprint density at radius 2 is 1.34 bits per heavy atom. The van der Waals surface area contributed by atoms with Crippen molar-refractivity contribution in [3.05, 3.63) is 78.9 Å². The van der Waals surface area contributed by atoms with Crippen LogP contribution in [0.1, 0.15) is 13.3 Å². The smallest absolute Gasteiger partial charge is 0.240 e. The average Bonchev–Trinajstić information content (AvgIpc) is 2.76. The van der Waals surface area contributed by atoms with Gasteiger partial charge in [0.05, 0.1) is 4.90 Å². The monoisotopic (exact) mass is 453 g/mol. The number of hydrogen-bond acceptors (Lipinski definition) is 5. The molecule has 0 bridgehead atoms. The Morgan fingerprint density at radius 1 is 0.781 bits per heavy atom. The van der Waals surface area contributed by atoms with Crippen LogP contribution in [0.2, 0.25) is 0 Å². The van der Waals surface area contributed by atoms with E-state index in [1.54, 1.807) is 24.3 Å².